The fourth-order valence-electron chi connectivity index (χ4n) is 2.22. The summed E-state index contributed by atoms with van der Waals surface area (Å²) < 4.78 is 10.8. The van der Waals surface area contributed by atoms with Crippen molar-refractivity contribution in [3.63, 3.8) is 0 Å². The minimum Gasteiger partial charge on any atom is -0.589 e. The molecule has 2 rings (SSSR count). The normalized spacial score (nSPS) is 25.5. The van der Waals surface area contributed by atoms with E-state index in [0.29, 0.717) is 6.04 Å². The van der Waals surface area contributed by atoms with E-state index in [1.807, 2.05) is 0 Å². The zero-order valence-corrected chi connectivity index (χ0v) is 11.0. The molecule has 0 bridgehead atoms. The fourth-order valence-corrected chi connectivity index (χ4v) is 2.22. The summed E-state index contributed by atoms with van der Waals surface area (Å²) in [5.74, 6) is 0.806. The molecule has 0 amide bonds. The second-order valence-electron chi connectivity index (χ2n) is 4.40. The predicted octanol–water partition coefficient (Wildman–Crippen LogP) is -0.568. The molecule has 5 heteroatoms. The fraction of sp³-hybridized carbons (Fsp3) is 0.833. The second-order valence-corrected chi connectivity index (χ2v) is 4.40. The Morgan fingerprint density at radius 1 is 1.47 bits per heavy atom. The molecule has 4 nitrogen and oxygen atoms in total. The Hall–Kier alpha value is -0.143. The van der Waals surface area contributed by atoms with Gasteiger partial charge in [0.05, 0.1) is 13.2 Å². The number of hydrogen-bond donors (Lipinski definition) is 0. The molecule has 2 heterocycles. The molecule has 1 atom stereocenters. The molecular formula is C12H21LiN2O2. The Morgan fingerprint density at radius 2 is 2.35 bits per heavy atom. The van der Waals surface area contributed by atoms with E-state index < -0.39 is 0 Å². The van der Waals surface area contributed by atoms with Gasteiger partial charge in [0, 0.05) is 19.0 Å². The molecule has 0 spiro atoms. The topological polar surface area (TPSA) is 35.8 Å². The third-order valence-corrected chi connectivity index (χ3v) is 3.10. The largest absolute Gasteiger partial charge is 1.00 e. The van der Waals surface area contributed by atoms with Crippen LogP contribution in [0, 0.1) is 0 Å². The van der Waals surface area contributed by atoms with Crippen LogP contribution in [-0.2, 0) is 9.47 Å². The van der Waals surface area contributed by atoms with E-state index in [4.69, 9.17) is 9.47 Å². The zero-order valence-electron chi connectivity index (χ0n) is 11.0. The molecule has 17 heavy (non-hydrogen) atoms. The van der Waals surface area contributed by atoms with Gasteiger partial charge >= 0.3 is 18.9 Å². The molecule has 0 radical (unpaired) electrons. The quantitative estimate of drug-likeness (QED) is 0.609. The van der Waals surface area contributed by atoms with E-state index in [-0.39, 0.29) is 18.9 Å². The summed E-state index contributed by atoms with van der Waals surface area (Å²) >= 11 is 0. The van der Waals surface area contributed by atoms with E-state index in [9.17, 15) is 0 Å². The van der Waals surface area contributed by atoms with Crippen LogP contribution in [0.25, 0.3) is 5.43 Å². The van der Waals surface area contributed by atoms with Crippen LogP contribution in [0.15, 0.2) is 12.0 Å². The molecule has 1 saturated heterocycles. The maximum atomic E-state index is 5.60. The predicted molar refractivity (Wildman–Crippen MR) is 62.8 cm³/mol. The monoisotopic (exact) mass is 232 g/mol. The first-order valence-corrected chi connectivity index (χ1v) is 6.20. The van der Waals surface area contributed by atoms with Crippen molar-refractivity contribution in [2.45, 2.75) is 38.1 Å². The Bertz CT molecular complexity index is 249. The van der Waals surface area contributed by atoms with Gasteiger partial charge in [0.15, 0.2) is 0 Å². The van der Waals surface area contributed by atoms with Gasteiger partial charge in [-0.1, -0.05) is 6.08 Å². The second kappa shape index (κ2) is 8.05. The van der Waals surface area contributed by atoms with E-state index in [1.54, 1.807) is 7.11 Å². The minimum atomic E-state index is 0. The van der Waals surface area contributed by atoms with Crippen LogP contribution in [0.1, 0.15) is 32.1 Å². The maximum absolute atomic E-state index is 5.60. The molecule has 0 aromatic heterocycles. The first-order chi connectivity index (χ1) is 7.90. The molecule has 0 N–H and O–H groups in total. The summed E-state index contributed by atoms with van der Waals surface area (Å²) in [5.41, 5.74) is 4.59. The van der Waals surface area contributed by atoms with Gasteiger partial charge in [0.25, 0.3) is 0 Å². The van der Waals surface area contributed by atoms with Crippen molar-refractivity contribution in [2.24, 2.45) is 0 Å². The number of rotatable bonds is 4. The number of hydrogen-bond acceptors (Lipinski definition) is 3. The summed E-state index contributed by atoms with van der Waals surface area (Å²) in [7, 11) is 1.75. The number of ether oxygens (including phenoxy) is 2. The summed E-state index contributed by atoms with van der Waals surface area (Å²) in [4.78, 5) is 0. The molecule has 0 aromatic carbocycles. The van der Waals surface area contributed by atoms with E-state index >= 15 is 0 Å². The summed E-state index contributed by atoms with van der Waals surface area (Å²) in [6.07, 6.45) is 7.91. The molecule has 1 fully saturated rings. The van der Waals surface area contributed by atoms with Crippen molar-refractivity contribution in [2.75, 3.05) is 26.9 Å². The summed E-state index contributed by atoms with van der Waals surface area (Å²) in [5, 5.41) is 2.13. The van der Waals surface area contributed by atoms with Gasteiger partial charge in [0.2, 0.25) is 0 Å². The Morgan fingerprint density at radius 3 is 3.18 bits per heavy atom. The van der Waals surface area contributed by atoms with E-state index in [1.165, 1.54) is 19.3 Å². The van der Waals surface area contributed by atoms with Crippen molar-refractivity contribution in [3.8, 4) is 0 Å². The number of methoxy groups -OCH3 is 1. The third kappa shape index (κ3) is 4.55. The molecule has 0 unspecified atom stereocenters. The van der Waals surface area contributed by atoms with Gasteiger partial charge in [-0.2, -0.15) is 0 Å². The minimum absolute atomic E-state index is 0. The van der Waals surface area contributed by atoms with Gasteiger partial charge in [-0.3, -0.25) is 0 Å². The molecule has 0 saturated carbocycles. The van der Waals surface area contributed by atoms with Crippen LogP contribution in [-0.4, -0.2) is 37.9 Å². The maximum Gasteiger partial charge on any atom is 1.00 e. The summed E-state index contributed by atoms with van der Waals surface area (Å²) in [6.45, 7) is 2.59. The average molecular weight is 232 g/mol. The van der Waals surface area contributed by atoms with Crippen molar-refractivity contribution < 1.29 is 28.3 Å². The average Bonchev–Trinajstić information content (AvgIpc) is 2.56. The smallest absolute Gasteiger partial charge is 0.589 e. The van der Waals surface area contributed by atoms with Crippen LogP contribution < -0.4 is 18.9 Å². The molecule has 92 valence electrons. The first-order valence-electron chi connectivity index (χ1n) is 6.20. The van der Waals surface area contributed by atoms with Crippen molar-refractivity contribution >= 4 is 0 Å². The van der Waals surface area contributed by atoms with Gasteiger partial charge < -0.3 is 19.9 Å². The Balaban J connectivity index is 0.00000144. The van der Waals surface area contributed by atoms with Crippen LogP contribution in [0.2, 0.25) is 0 Å². The molecular weight excluding hydrogens is 211 g/mol. The van der Waals surface area contributed by atoms with E-state index in [2.05, 4.69) is 16.5 Å². The molecule has 0 aliphatic carbocycles. The SMILES string of the molecule is COC[C@@H]1CCCN1[N-]C1=CCCCCO1.[Li+]. The third-order valence-electron chi connectivity index (χ3n) is 3.10. The van der Waals surface area contributed by atoms with Crippen LogP contribution >= 0.6 is 0 Å². The van der Waals surface area contributed by atoms with Crippen LogP contribution in [0.5, 0.6) is 0 Å². The van der Waals surface area contributed by atoms with Crippen molar-refractivity contribution in [1.82, 2.24) is 5.01 Å². The molecule has 2 aliphatic rings. The zero-order chi connectivity index (χ0) is 11.2. The van der Waals surface area contributed by atoms with Crippen molar-refractivity contribution in [3.05, 3.63) is 17.4 Å². The summed E-state index contributed by atoms with van der Waals surface area (Å²) in [6, 6.07) is 0.428. The van der Waals surface area contributed by atoms with Crippen LogP contribution in [0.4, 0.5) is 0 Å². The number of nitrogens with zero attached hydrogens (tertiary/aromatic N) is 2. The van der Waals surface area contributed by atoms with Gasteiger partial charge in [-0.25, -0.2) is 0 Å². The number of allylic oxidation sites excluding steroid dienone is 1. The van der Waals surface area contributed by atoms with Crippen LogP contribution in [0.3, 0.4) is 0 Å². The van der Waals surface area contributed by atoms with Gasteiger partial charge in [-0.05, 0) is 38.6 Å². The standard InChI is InChI=1S/C12H21N2O2.Li/c1-15-10-11-6-5-8-14(11)13-12-7-3-2-4-9-16-12;/h7,11H,2-6,8-10H2,1H3;/q-1;+1/t11-;/m0./s1. The van der Waals surface area contributed by atoms with E-state index in [0.717, 1.165) is 38.5 Å². The van der Waals surface area contributed by atoms with Crippen molar-refractivity contribution in [1.29, 1.82) is 0 Å². The Kier molecular flexibility index (Phi) is 7.06. The van der Waals surface area contributed by atoms with Gasteiger partial charge in [0.1, 0.15) is 0 Å². The van der Waals surface area contributed by atoms with Gasteiger partial charge in [-0.15, -0.1) is 0 Å². The Labute approximate surface area is 116 Å². The first kappa shape index (κ1) is 14.9. The molecule has 0 aromatic rings. The molecule has 2 aliphatic heterocycles.